The van der Waals surface area contributed by atoms with E-state index in [1.54, 1.807) is 0 Å². The average molecular weight is 272 g/mol. The van der Waals surface area contributed by atoms with Gasteiger partial charge in [-0.3, -0.25) is 9.88 Å². The summed E-state index contributed by atoms with van der Waals surface area (Å²) in [6.07, 6.45) is 4.40. The Hall–Kier alpha value is -1.72. The van der Waals surface area contributed by atoms with Crippen molar-refractivity contribution in [3.8, 4) is 0 Å². The first-order valence-electron chi connectivity index (χ1n) is 7.06. The van der Waals surface area contributed by atoms with Crippen LogP contribution in [0, 0.1) is 0 Å². The first kappa shape index (κ1) is 13.3. The van der Waals surface area contributed by atoms with E-state index < -0.39 is 0 Å². The Balaban J connectivity index is 1.49. The zero-order chi connectivity index (χ0) is 13.8. The van der Waals surface area contributed by atoms with E-state index >= 15 is 0 Å². The Morgan fingerprint density at radius 1 is 1.30 bits per heavy atom. The first-order valence-corrected chi connectivity index (χ1v) is 7.06. The third-order valence-electron chi connectivity index (χ3n) is 3.34. The largest absolute Gasteiger partial charge is 0.360 e. The highest BCUT2D eigenvalue weighted by molar-refractivity contribution is 5.07. The highest BCUT2D eigenvalue weighted by Crippen LogP contribution is 2.19. The van der Waals surface area contributed by atoms with Crippen molar-refractivity contribution < 1.29 is 4.52 Å². The molecule has 1 N–H and O–H groups in total. The van der Waals surface area contributed by atoms with Gasteiger partial charge in [0.15, 0.2) is 5.76 Å². The Morgan fingerprint density at radius 2 is 2.20 bits per heavy atom. The van der Waals surface area contributed by atoms with Gasteiger partial charge in [0, 0.05) is 31.4 Å². The van der Waals surface area contributed by atoms with Gasteiger partial charge in [-0.25, -0.2) is 0 Å². The van der Waals surface area contributed by atoms with Crippen molar-refractivity contribution in [1.29, 1.82) is 0 Å². The standard InChI is InChI=1S/C15H20N4O/c1-19(10-13-4-2-3-7-16-13)11-15-8-14(18-20-15)9-17-12-5-6-12/h2-4,7-8,12,17H,5-6,9-11H2,1H3. The summed E-state index contributed by atoms with van der Waals surface area (Å²) in [5.41, 5.74) is 2.04. The molecule has 0 aliphatic heterocycles. The molecule has 0 atom stereocenters. The topological polar surface area (TPSA) is 54.2 Å². The van der Waals surface area contributed by atoms with E-state index in [2.05, 4.69) is 27.4 Å². The summed E-state index contributed by atoms with van der Waals surface area (Å²) in [6, 6.07) is 8.69. The van der Waals surface area contributed by atoms with Gasteiger partial charge in [0.05, 0.1) is 17.9 Å². The molecule has 0 aromatic carbocycles. The van der Waals surface area contributed by atoms with Crippen molar-refractivity contribution in [2.75, 3.05) is 7.05 Å². The minimum atomic E-state index is 0.696. The van der Waals surface area contributed by atoms with E-state index in [0.717, 1.165) is 36.8 Å². The van der Waals surface area contributed by atoms with Crippen molar-refractivity contribution in [3.05, 3.63) is 47.6 Å². The lowest BCUT2D eigenvalue weighted by Crippen LogP contribution is -2.17. The molecule has 1 fully saturated rings. The van der Waals surface area contributed by atoms with E-state index in [1.807, 2.05) is 30.5 Å². The van der Waals surface area contributed by atoms with Crippen LogP contribution in [-0.2, 0) is 19.6 Å². The Bertz CT molecular complexity index is 536. The van der Waals surface area contributed by atoms with Gasteiger partial charge in [-0.1, -0.05) is 11.2 Å². The maximum atomic E-state index is 5.37. The molecule has 0 unspecified atom stereocenters. The van der Waals surface area contributed by atoms with Gasteiger partial charge in [-0.2, -0.15) is 0 Å². The summed E-state index contributed by atoms with van der Waals surface area (Å²) in [5.74, 6) is 0.899. The first-order chi connectivity index (χ1) is 9.79. The molecule has 106 valence electrons. The number of hydrogen-bond acceptors (Lipinski definition) is 5. The maximum Gasteiger partial charge on any atom is 0.151 e. The fourth-order valence-electron chi connectivity index (χ4n) is 2.14. The molecule has 1 aliphatic rings. The fraction of sp³-hybridized carbons (Fsp3) is 0.467. The van der Waals surface area contributed by atoms with Crippen LogP contribution in [0.5, 0.6) is 0 Å². The van der Waals surface area contributed by atoms with Crippen molar-refractivity contribution in [2.24, 2.45) is 0 Å². The highest BCUT2D eigenvalue weighted by atomic mass is 16.5. The molecule has 0 radical (unpaired) electrons. The molecular weight excluding hydrogens is 252 g/mol. The summed E-state index contributed by atoms with van der Waals surface area (Å²) >= 11 is 0. The second-order valence-corrected chi connectivity index (χ2v) is 5.43. The maximum absolute atomic E-state index is 5.37. The van der Waals surface area contributed by atoms with E-state index in [-0.39, 0.29) is 0 Å². The molecule has 1 saturated carbocycles. The molecule has 0 bridgehead atoms. The molecular formula is C15H20N4O. The predicted molar refractivity (Wildman–Crippen MR) is 75.8 cm³/mol. The lowest BCUT2D eigenvalue weighted by Gasteiger charge is -2.13. The van der Waals surface area contributed by atoms with Crippen LogP contribution in [0.3, 0.4) is 0 Å². The quantitative estimate of drug-likeness (QED) is 0.835. The minimum Gasteiger partial charge on any atom is -0.360 e. The lowest BCUT2D eigenvalue weighted by atomic mass is 10.3. The van der Waals surface area contributed by atoms with E-state index in [1.165, 1.54) is 12.8 Å². The van der Waals surface area contributed by atoms with Crippen molar-refractivity contribution in [2.45, 2.75) is 38.5 Å². The van der Waals surface area contributed by atoms with Crippen molar-refractivity contribution >= 4 is 0 Å². The van der Waals surface area contributed by atoms with E-state index in [9.17, 15) is 0 Å². The van der Waals surface area contributed by atoms with Gasteiger partial charge in [0.25, 0.3) is 0 Å². The van der Waals surface area contributed by atoms with Crippen LogP contribution in [-0.4, -0.2) is 28.1 Å². The minimum absolute atomic E-state index is 0.696. The Morgan fingerprint density at radius 3 is 2.95 bits per heavy atom. The monoisotopic (exact) mass is 272 g/mol. The predicted octanol–water partition coefficient (Wildman–Crippen LogP) is 1.95. The van der Waals surface area contributed by atoms with Crippen molar-refractivity contribution in [1.82, 2.24) is 20.4 Å². The number of aromatic nitrogens is 2. The van der Waals surface area contributed by atoms with Crippen LogP contribution in [0.4, 0.5) is 0 Å². The normalized spacial score (nSPS) is 14.9. The van der Waals surface area contributed by atoms with E-state index in [0.29, 0.717) is 6.04 Å². The zero-order valence-corrected chi connectivity index (χ0v) is 11.7. The molecule has 1 aliphatic carbocycles. The number of nitrogens with one attached hydrogen (secondary N) is 1. The highest BCUT2D eigenvalue weighted by Gasteiger charge is 2.20. The zero-order valence-electron chi connectivity index (χ0n) is 11.7. The molecule has 20 heavy (non-hydrogen) atoms. The van der Waals surface area contributed by atoms with Crippen LogP contribution in [0.15, 0.2) is 35.0 Å². The third kappa shape index (κ3) is 3.88. The van der Waals surface area contributed by atoms with Crippen LogP contribution >= 0.6 is 0 Å². The van der Waals surface area contributed by atoms with Crippen LogP contribution in [0.1, 0.15) is 30.0 Å². The smallest absolute Gasteiger partial charge is 0.151 e. The number of pyridine rings is 1. The second kappa shape index (κ2) is 6.15. The summed E-state index contributed by atoms with van der Waals surface area (Å²) in [4.78, 5) is 6.49. The van der Waals surface area contributed by atoms with Gasteiger partial charge < -0.3 is 9.84 Å². The molecule has 2 aromatic rings. The van der Waals surface area contributed by atoms with Gasteiger partial charge in [0.2, 0.25) is 0 Å². The third-order valence-corrected chi connectivity index (χ3v) is 3.34. The van der Waals surface area contributed by atoms with Gasteiger partial charge in [-0.05, 0) is 32.0 Å². The van der Waals surface area contributed by atoms with Crippen molar-refractivity contribution in [3.63, 3.8) is 0 Å². The van der Waals surface area contributed by atoms with Gasteiger partial charge >= 0.3 is 0 Å². The van der Waals surface area contributed by atoms with E-state index in [4.69, 9.17) is 4.52 Å². The molecule has 0 saturated heterocycles. The lowest BCUT2D eigenvalue weighted by molar-refractivity contribution is 0.263. The summed E-state index contributed by atoms with van der Waals surface area (Å²) < 4.78 is 5.37. The van der Waals surface area contributed by atoms with Crippen LogP contribution in [0.25, 0.3) is 0 Å². The average Bonchev–Trinajstić information content (AvgIpc) is 3.18. The number of hydrogen-bond donors (Lipinski definition) is 1. The molecule has 0 spiro atoms. The second-order valence-electron chi connectivity index (χ2n) is 5.43. The molecule has 2 aromatic heterocycles. The number of rotatable bonds is 7. The molecule has 3 rings (SSSR count). The number of nitrogens with zero attached hydrogens (tertiary/aromatic N) is 3. The molecule has 2 heterocycles. The SMILES string of the molecule is CN(Cc1ccccn1)Cc1cc(CNC2CC2)no1. The molecule has 0 amide bonds. The molecule has 5 heteroatoms. The Labute approximate surface area is 119 Å². The Kier molecular flexibility index (Phi) is 4.08. The van der Waals surface area contributed by atoms with Crippen LogP contribution in [0.2, 0.25) is 0 Å². The molecule has 5 nitrogen and oxygen atoms in total. The van der Waals surface area contributed by atoms with Crippen LogP contribution < -0.4 is 5.32 Å². The summed E-state index contributed by atoms with van der Waals surface area (Å²) in [7, 11) is 2.05. The fourth-order valence-corrected chi connectivity index (χ4v) is 2.14. The van der Waals surface area contributed by atoms with Gasteiger partial charge in [-0.15, -0.1) is 0 Å². The van der Waals surface area contributed by atoms with Gasteiger partial charge in [0.1, 0.15) is 0 Å². The summed E-state index contributed by atoms with van der Waals surface area (Å²) in [6.45, 7) is 2.35. The summed E-state index contributed by atoms with van der Waals surface area (Å²) in [5, 5.41) is 7.53.